The average molecular weight is 201 g/mol. The van der Waals surface area contributed by atoms with E-state index in [-0.39, 0.29) is 12.5 Å². The van der Waals surface area contributed by atoms with Crippen molar-refractivity contribution in [2.75, 3.05) is 19.8 Å². The van der Waals surface area contributed by atoms with Crippen LogP contribution in [-0.4, -0.2) is 35.1 Å². The molecule has 0 saturated carbocycles. The summed E-state index contributed by atoms with van der Waals surface area (Å²) in [5.41, 5.74) is 5.48. The predicted molar refractivity (Wildman–Crippen MR) is 48.5 cm³/mol. The molecule has 0 unspecified atom stereocenters. The highest BCUT2D eigenvalue weighted by Crippen LogP contribution is 2.06. The van der Waals surface area contributed by atoms with Gasteiger partial charge in [-0.2, -0.15) is 4.98 Å². The maximum Gasteiger partial charge on any atom is 0.245 e. The smallest absolute Gasteiger partial charge is 0.245 e. The van der Waals surface area contributed by atoms with E-state index in [1.54, 1.807) is 0 Å². The number of aliphatic hydroxyl groups excluding tert-OH is 1. The van der Waals surface area contributed by atoms with Crippen molar-refractivity contribution in [1.82, 2.24) is 10.1 Å². The first-order valence-electron chi connectivity index (χ1n) is 4.54. The van der Waals surface area contributed by atoms with Crippen molar-refractivity contribution in [3.05, 3.63) is 11.7 Å². The molecule has 6 nitrogen and oxygen atoms in total. The van der Waals surface area contributed by atoms with Gasteiger partial charge in [0.2, 0.25) is 5.89 Å². The number of nitrogens with two attached hydrogens (primary N) is 1. The van der Waals surface area contributed by atoms with Gasteiger partial charge in [-0.1, -0.05) is 5.16 Å². The van der Waals surface area contributed by atoms with Crippen LogP contribution in [0.2, 0.25) is 0 Å². The summed E-state index contributed by atoms with van der Waals surface area (Å²) in [7, 11) is 0. The summed E-state index contributed by atoms with van der Waals surface area (Å²) >= 11 is 0. The molecule has 1 aromatic heterocycles. The van der Waals surface area contributed by atoms with E-state index in [0.29, 0.717) is 25.5 Å². The molecule has 1 aromatic rings. The van der Waals surface area contributed by atoms with Crippen molar-refractivity contribution in [3.63, 3.8) is 0 Å². The van der Waals surface area contributed by atoms with Crippen LogP contribution in [0.15, 0.2) is 4.52 Å². The van der Waals surface area contributed by atoms with Crippen LogP contribution in [0, 0.1) is 0 Å². The van der Waals surface area contributed by atoms with Gasteiger partial charge in [0, 0.05) is 13.0 Å². The summed E-state index contributed by atoms with van der Waals surface area (Å²) < 4.78 is 9.98. The Hall–Kier alpha value is -0.980. The lowest BCUT2D eigenvalue weighted by Crippen LogP contribution is -2.14. The molecule has 1 rings (SSSR count). The number of aromatic nitrogens is 2. The van der Waals surface area contributed by atoms with Crippen LogP contribution < -0.4 is 5.73 Å². The Labute approximate surface area is 82.1 Å². The van der Waals surface area contributed by atoms with E-state index < -0.39 is 6.04 Å². The fourth-order valence-electron chi connectivity index (χ4n) is 0.906. The Morgan fingerprint density at radius 3 is 3.07 bits per heavy atom. The second kappa shape index (κ2) is 5.69. The Bertz CT molecular complexity index is 264. The molecule has 0 amide bonds. The number of rotatable bonds is 6. The Morgan fingerprint density at radius 1 is 1.64 bits per heavy atom. The lowest BCUT2D eigenvalue weighted by atomic mass is 10.3. The number of nitrogens with zero attached hydrogens (tertiary/aromatic N) is 2. The molecule has 6 heteroatoms. The molecule has 0 aliphatic carbocycles. The first-order valence-corrected chi connectivity index (χ1v) is 4.54. The van der Waals surface area contributed by atoms with Crippen LogP contribution in [0.1, 0.15) is 24.7 Å². The highest BCUT2D eigenvalue weighted by Gasteiger charge is 2.13. The van der Waals surface area contributed by atoms with Gasteiger partial charge in [0.15, 0.2) is 5.82 Å². The second-order valence-electron chi connectivity index (χ2n) is 2.78. The predicted octanol–water partition coefficient (Wildman–Crippen LogP) is -0.359. The maximum atomic E-state index is 8.73. The molecule has 1 atom stereocenters. The molecule has 0 spiro atoms. The first kappa shape index (κ1) is 11.1. The topological polar surface area (TPSA) is 94.4 Å². The van der Waals surface area contributed by atoms with Crippen LogP contribution in [0.3, 0.4) is 0 Å². The molecule has 0 aromatic carbocycles. The highest BCUT2D eigenvalue weighted by atomic mass is 16.5. The van der Waals surface area contributed by atoms with Crippen molar-refractivity contribution >= 4 is 0 Å². The fraction of sp³-hybridized carbons (Fsp3) is 0.750. The highest BCUT2D eigenvalue weighted by molar-refractivity contribution is 4.91. The number of hydrogen-bond donors (Lipinski definition) is 2. The molecule has 0 saturated heterocycles. The number of hydrogen-bond acceptors (Lipinski definition) is 6. The molecule has 1 heterocycles. The summed E-state index contributed by atoms with van der Waals surface area (Å²) in [6, 6.07) is -0.594. The van der Waals surface area contributed by atoms with Crippen molar-refractivity contribution in [2.24, 2.45) is 5.73 Å². The van der Waals surface area contributed by atoms with Gasteiger partial charge in [0.05, 0.1) is 13.2 Å². The summed E-state index contributed by atoms with van der Waals surface area (Å²) in [4.78, 5) is 4.01. The third-order valence-corrected chi connectivity index (χ3v) is 1.67. The zero-order valence-electron chi connectivity index (χ0n) is 8.14. The van der Waals surface area contributed by atoms with Crippen LogP contribution in [0.25, 0.3) is 0 Å². The van der Waals surface area contributed by atoms with Crippen molar-refractivity contribution in [2.45, 2.75) is 19.4 Å². The third kappa shape index (κ3) is 3.06. The summed E-state index contributed by atoms with van der Waals surface area (Å²) in [6.07, 6.45) is 0.593. The van der Waals surface area contributed by atoms with Gasteiger partial charge < -0.3 is 20.1 Å². The molecule has 0 aliphatic rings. The van der Waals surface area contributed by atoms with E-state index in [1.165, 1.54) is 0 Å². The minimum absolute atomic E-state index is 0.201. The van der Waals surface area contributed by atoms with Gasteiger partial charge in [-0.15, -0.1) is 0 Å². The quantitative estimate of drug-likeness (QED) is 0.610. The zero-order valence-corrected chi connectivity index (χ0v) is 8.14. The Kier molecular flexibility index (Phi) is 4.51. The van der Waals surface area contributed by atoms with E-state index >= 15 is 0 Å². The van der Waals surface area contributed by atoms with Gasteiger partial charge in [0.1, 0.15) is 6.04 Å². The van der Waals surface area contributed by atoms with Gasteiger partial charge >= 0.3 is 0 Å². The van der Waals surface area contributed by atoms with Crippen LogP contribution >= 0.6 is 0 Å². The molecule has 3 N–H and O–H groups in total. The maximum absolute atomic E-state index is 8.73. The Morgan fingerprint density at radius 2 is 2.43 bits per heavy atom. The molecule has 14 heavy (non-hydrogen) atoms. The average Bonchev–Trinajstić information content (AvgIpc) is 2.66. The van der Waals surface area contributed by atoms with E-state index in [0.717, 1.165) is 0 Å². The molecule has 0 bridgehead atoms. The van der Waals surface area contributed by atoms with Crippen LogP contribution in [-0.2, 0) is 11.2 Å². The Balaban J connectivity index is 2.42. The summed E-state index contributed by atoms with van der Waals surface area (Å²) in [5.74, 6) is 0.816. The molecule has 0 aliphatic heterocycles. The largest absolute Gasteiger partial charge is 0.394 e. The number of aliphatic hydroxyl groups is 1. The zero-order chi connectivity index (χ0) is 10.4. The minimum Gasteiger partial charge on any atom is -0.394 e. The minimum atomic E-state index is -0.594. The summed E-state index contributed by atoms with van der Waals surface area (Å²) in [6.45, 7) is 2.95. The van der Waals surface area contributed by atoms with Gasteiger partial charge in [0.25, 0.3) is 0 Å². The third-order valence-electron chi connectivity index (χ3n) is 1.67. The van der Waals surface area contributed by atoms with Gasteiger partial charge in [-0.25, -0.2) is 0 Å². The van der Waals surface area contributed by atoms with E-state index in [1.807, 2.05) is 6.92 Å². The molecular formula is C8H15N3O3. The summed E-state index contributed by atoms with van der Waals surface area (Å²) in [5, 5.41) is 12.4. The van der Waals surface area contributed by atoms with Crippen molar-refractivity contribution in [3.8, 4) is 0 Å². The normalized spacial score (nSPS) is 13.1. The molecular weight excluding hydrogens is 186 g/mol. The monoisotopic (exact) mass is 201 g/mol. The van der Waals surface area contributed by atoms with E-state index in [4.69, 9.17) is 20.1 Å². The van der Waals surface area contributed by atoms with Crippen molar-refractivity contribution in [1.29, 1.82) is 0 Å². The van der Waals surface area contributed by atoms with Crippen LogP contribution in [0.4, 0.5) is 0 Å². The lowest BCUT2D eigenvalue weighted by molar-refractivity contribution is 0.149. The van der Waals surface area contributed by atoms with Gasteiger partial charge in [-0.3, -0.25) is 0 Å². The fourth-order valence-corrected chi connectivity index (χ4v) is 0.906. The van der Waals surface area contributed by atoms with E-state index in [2.05, 4.69) is 10.1 Å². The second-order valence-corrected chi connectivity index (χ2v) is 2.78. The standard InChI is InChI=1S/C8H15N3O3/c1-2-13-4-3-7-10-8(14-11-7)6(9)5-12/h6,12H,2-5,9H2,1H3/t6-/m0/s1. The molecule has 80 valence electrons. The lowest BCUT2D eigenvalue weighted by Gasteiger charge is -1.98. The molecule has 0 radical (unpaired) electrons. The number of ether oxygens (including phenoxy) is 1. The van der Waals surface area contributed by atoms with Gasteiger partial charge in [-0.05, 0) is 6.92 Å². The molecule has 0 fully saturated rings. The van der Waals surface area contributed by atoms with Crippen molar-refractivity contribution < 1.29 is 14.4 Å². The van der Waals surface area contributed by atoms with Crippen LogP contribution in [0.5, 0.6) is 0 Å². The first-order chi connectivity index (χ1) is 6.77. The SMILES string of the molecule is CCOCCc1noc([C@@H](N)CO)n1. The van der Waals surface area contributed by atoms with E-state index in [9.17, 15) is 0 Å².